The van der Waals surface area contributed by atoms with Crippen LogP contribution in [0, 0.1) is 5.92 Å². The van der Waals surface area contributed by atoms with E-state index in [1.54, 1.807) is 6.07 Å². The smallest absolute Gasteiger partial charge is 0.311 e. The van der Waals surface area contributed by atoms with Crippen molar-refractivity contribution in [3.8, 4) is 5.75 Å². The highest BCUT2D eigenvalue weighted by molar-refractivity contribution is 7.27. The summed E-state index contributed by atoms with van der Waals surface area (Å²) in [5, 5.41) is 0.934. The first-order valence-corrected chi connectivity index (χ1v) is 10.1. The van der Waals surface area contributed by atoms with Crippen LogP contribution in [0.3, 0.4) is 0 Å². The molecule has 4 nitrogen and oxygen atoms in total. The summed E-state index contributed by atoms with van der Waals surface area (Å²) in [5.74, 6) is 0.874. The minimum absolute atomic E-state index is 0.182. The first-order chi connectivity index (χ1) is 11.6. The molecule has 0 N–H and O–H groups in total. The molecule has 0 aromatic heterocycles. The third-order valence-electron chi connectivity index (χ3n) is 4.04. The van der Waals surface area contributed by atoms with Crippen LogP contribution in [0.1, 0.15) is 50.9 Å². The summed E-state index contributed by atoms with van der Waals surface area (Å²) in [4.78, 5) is 11.8. The fourth-order valence-electron chi connectivity index (χ4n) is 2.72. The number of esters is 1. The Labute approximate surface area is 149 Å². The minimum Gasteiger partial charge on any atom is -0.427 e. The summed E-state index contributed by atoms with van der Waals surface area (Å²) in [6.45, 7) is 3.64. The van der Waals surface area contributed by atoms with Crippen LogP contribution in [0.5, 0.6) is 5.75 Å². The molecule has 0 saturated carbocycles. The van der Waals surface area contributed by atoms with Gasteiger partial charge < -0.3 is 14.2 Å². The van der Waals surface area contributed by atoms with Gasteiger partial charge in [0.2, 0.25) is 0 Å². The average molecular weight is 370 g/mol. The molecule has 2 unspecified atom stereocenters. The molecular formula is C18H28O4P2. The molecule has 6 heteroatoms. The largest absolute Gasteiger partial charge is 0.427 e. The van der Waals surface area contributed by atoms with Crippen molar-refractivity contribution in [1.82, 2.24) is 0 Å². The predicted molar refractivity (Wildman–Crippen MR) is 103 cm³/mol. The van der Waals surface area contributed by atoms with Gasteiger partial charge in [0.25, 0.3) is 0 Å². The number of carbonyl (C=O) groups is 1. The number of unbranched alkanes of at least 4 members (excludes halogenated alkanes) is 1. The molecule has 1 aromatic rings. The van der Waals surface area contributed by atoms with E-state index in [9.17, 15) is 4.79 Å². The summed E-state index contributed by atoms with van der Waals surface area (Å²) < 4.78 is 17.1. The topological polar surface area (TPSA) is 44.8 Å². The SMILES string of the molecule is CCCC1COC(c2ccc(OC(=O)CCCCP)cc2P)OC1. The number of ether oxygens (including phenoxy) is 3. The van der Waals surface area contributed by atoms with Crippen molar-refractivity contribution in [1.29, 1.82) is 0 Å². The molecule has 2 atom stereocenters. The third kappa shape index (κ3) is 6.08. The van der Waals surface area contributed by atoms with Crippen LogP contribution >= 0.6 is 18.5 Å². The summed E-state index contributed by atoms with van der Waals surface area (Å²) in [6.07, 6.45) is 5.28. The number of hydrogen-bond donors (Lipinski definition) is 0. The Bertz CT molecular complexity index is 528. The van der Waals surface area contributed by atoms with Crippen LogP contribution in [-0.4, -0.2) is 25.3 Å². The second-order valence-corrected chi connectivity index (χ2v) is 7.36. The monoisotopic (exact) mass is 370 g/mol. The van der Waals surface area contributed by atoms with Crippen LogP contribution in [0.15, 0.2) is 18.2 Å². The quantitative estimate of drug-likeness (QED) is 0.304. The van der Waals surface area contributed by atoms with Gasteiger partial charge in [-0.1, -0.05) is 13.3 Å². The molecule has 0 aliphatic carbocycles. The average Bonchev–Trinajstić information content (AvgIpc) is 2.56. The molecule has 1 saturated heterocycles. The molecule has 0 radical (unpaired) electrons. The number of carbonyl (C=O) groups excluding carboxylic acids is 1. The lowest BCUT2D eigenvalue weighted by Crippen LogP contribution is -2.28. The first kappa shape index (κ1) is 19.8. The summed E-state index contributed by atoms with van der Waals surface area (Å²) in [6, 6.07) is 5.57. The van der Waals surface area contributed by atoms with Gasteiger partial charge in [0.05, 0.1) is 13.2 Å². The van der Waals surface area contributed by atoms with Crippen molar-refractivity contribution in [3.63, 3.8) is 0 Å². The van der Waals surface area contributed by atoms with E-state index in [-0.39, 0.29) is 12.3 Å². The number of hydrogen-bond acceptors (Lipinski definition) is 4. The van der Waals surface area contributed by atoms with Gasteiger partial charge in [-0.2, -0.15) is 0 Å². The molecule has 134 valence electrons. The van der Waals surface area contributed by atoms with E-state index in [2.05, 4.69) is 25.4 Å². The van der Waals surface area contributed by atoms with Gasteiger partial charge in [0.1, 0.15) is 5.75 Å². The van der Waals surface area contributed by atoms with Crippen molar-refractivity contribution >= 4 is 29.8 Å². The standard InChI is InChI=1S/C18H28O4P2/c1-2-5-13-11-20-18(21-12-13)15-8-7-14(10-16(15)24)22-17(19)6-3-4-9-23/h7-8,10,13,18H,2-6,9,11-12,23-24H2,1H3. The summed E-state index contributed by atoms with van der Waals surface area (Å²) >= 11 is 0. The van der Waals surface area contributed by atoms with Crippen LogP contribution < -0.4 is 10.0 Å². The Morgan fingerprint density at radius 1 is 1.29 bits per heavy atom. The van der Waals surface area contributed by atoms with E-state index in [0.29, 0.717) is 18.1 Å². The Balaban J connectivity index is 1.89. The van der Waals surface area contributed by atoms with Gasteiger partial charge in [-0.15, -0.1) is 18.5 Å². The van der Waals surface area contributed by atoms with Crippen molar-refractivity contribution in [3.05, 3.63) is 23.8 Å². The van der Waals surface area contributed by atoms with Gasteiger partial charge in [0, 0.05) is 17.9 Å². The molecule has 1 aliphatic heterocycles. The maximum atomic E-state index is 11.8. The van der Waals surface area contributed by atoms with Crippen LogP contribution in [0.4, 0.5) is 0 Å². The van der Waals surface area contributed by atoms with Gasteiger partial charge in [-0.25, -0.2) is 0 Å². The second-order valence-electron chi connectivity index (χ2n) is 6.16. The third-order valence-corrected chi connectivity index (χ3v) is 4.95. The maximum Gasteiger partial charge on any atom is 0.311 e. The van der Waals surface area contributed by atoms with E-state index in [4.69, 9.17) is 14.2 Å². The molecule has 1 heterocycles. The molecular weight excluding hydrogens is 342 g/mol. The van der Waals surface area contributed by atoms with E-state index in [1.807, 2.05) is 12.1 Å². The lowest BCUT2D eigenvalue weighted by molar-refractivity contribution is -0.205. The van der Waals surface area contributed by atoms with Gasteiger partial charge in [0.15, 0.2) is 6.29 Å². The molecule has 1 fully saturated rings. The number of rotatable bonds is 8. The number of benzene rings is 1. The summed E-state index contributed by atoms with van der Waals surface area (Å²) in [7, 11) is 5.34. The lowest BCUT2D eigenvalue weighted by Gasteiger charge is -2.30. The highest BCUT2D eigenvalue weighted by atomic mass is 31.0. The first-order valence-electron chi connectivity index (χ1n) is 8.67. The fourth-order valence-corrected chi connectivity index (χ4v) is 3.41. The van der Waals surface area contributed by atoms with Gasteiger partial charge >= 0.3 is 5.97 Å². The zero-order valence-electron chi connectivity index (χ0n) is 14.3. The van der Waals surface area contributed by atoms with Crippen molar-refractivity contribution in [2.75, 3.05) is 19.4 Å². The minimum atomic E-state index is -0.336. The van der Waals surface area contributed by atoms with Crippen LogP contribution in [0.2, 0.25) is 0 Å². The van der Waals surface area contributed by atoms with E-state index in [0.717, 1.165) is 55.9 Å². The normalized spacial score (nSPS) is 20.8. The molecule has 24 heavy (non-hydrogen) atoms. The Morgan fingerprint density at radius 2 is 2.04 bits per heavy atom. The molecule has 1 aliphatic rings. The van der Waals surface area contributed by atoms with E-state index < -0.39 is 0 Å². The van der Waals surface area contributed by atoms with Gasteiger partial charge in [-0.3, -0.25) is 4.79 Å². The molecule has 0 amide bonds. The zero-order chi connectivity index (χ0) is 17.4. The molecule has 2 rings (SSSR count). The van der Waals surface area contributed by atoms with Crippen molar-refractivity contribution in [2.45, 2.75) is 45.3 Å². The Hall–Kier alpha value is -0.530. The maximum absolute atomic E-state index is 11.8. The molecule has 0 bridgehead atoms. The van der Waals surface area contributed by atoms with E-state index >= 15 is 0 Å². The second kappa shape index (κ2) is 10.5. The highest BCUT2D eigenvalue weighted by Gasteiger charge is 2.24. The van der Waals surface area contributed by atoms with E-state index in [1.165, 1.54) is 0 Å². The lowest BCUT2D eigenvalue weighted by atomic mass is 10.1. The van der Waals surface area contributed by atoms with Crippen LogP contribution in [-0.2, 0) is 14.3 Å². The van der Waals surface area contributed by atoms with Crippen molar-refractivity contribution < 1.29 is 19.0 Å². The Kier molecular flexibility index (Phi) is 8.62. The van der Waals surface area contributed by atoms with Crippen LogP contribution in [0.25, 0.3) is 0 Å². The van der Waals surface area contributed by atoms with Crippen molar-refractivity contribution in [2.24, 2.45) is 5.92 Å². The fraction of sp³-hybridized carbons (Fsp3) is 0.611. The van der Waals surface area contributed by atoms with Gasteiger partial charge in [-0.05, 0) is 48.9 Å². The predicted octanol–water partition coefficient (Wildman–Crippen LogP) is 3.60. The Morgan fingerprint density at radius 3 is 2.67 bits per heavy atom. The zero-order valence-corrected chi connectivity index (χ0v) is 16.6. The molecule has 0 spiro atoms. The highest BCUT2D eigenvalue weighted by Crippen LogP contribution is 2.28. The summed E-state index contributed by atoms with van der Waals surface area (Å²) in [5.41, 5.74) is 0.970. The molecule has 1 aromatic carbocycles.